The van der Waals surface area contributed by atoms with Gasteiger partial charge in [0.2, 0.25) is 0 Å². The van der Waals surface area contributed by atoms with Gasteiger partial charge in [0.1, 0.15) is 23.0 Å². The van der Waals surface area contributed by atoms with Gasteiger partial charge in [-0.05, 0) is 69.3 Å². The number of carbonyl (C=O) groups is 2. The molecule has 25 heavy (non-hydrogen) atoms. The minimum atomic E-state index is -0.590. The average molecular weight is 344 g/mol. The topological polar surface area (TPSA) is 82.1 Å². The Labute approximate surface area is 146 Å². The fraction of sp³-hybridized carbons (Fsp3) is 0.263. The molecule has 0 aromatic heterocycles. The zero-order valence-corrected chi connectivity index (χ0v) is 14.3. The Morgan fingerprint density at radius 2 is 1.32 bits per heavy atom. The van der Waals surface area contributed by atoms with Crippen molar-refractivity contribution >= 4 is 11.9 Å². The molecule has 6 heteroatoms. The fourth-order valence-electron chi connectivity index (χ4n) is 1.68. The Balaban J connectivity index is 1.83. The van der Waals surface area contributed by atoms with Crippen molar-refractivity contribution in [3.8, 4) is 23.0 Å². The summed E-state index contributed by atoms with van der Waals surface area (Å²) in [4.78, 5) is 23.5. The molecule has 0 aliphatic rings. The molecule has 132 valence electrons. The van der Waals surface area contributed by atoms with Gasteiger partial charge in [0.25, 0.3) is 0 Å². The van der Waals surface area contributed by atoms with Crippen LogP contribution < -0.4 is 14.2 Å². The van der Waals surface area contributed by atoms with Crippen LogP contribution in [0.25, 0.3) is 0 Å². The second-order valence-corrected chi connectivity index (χ2v) is 6.37. The van der Waals surface area contributed by atoms with Crippen LogP contribution in [0.5, 0.6) is 23.0 Å². The Morgan fingerprint density at radius 3 is 1.88 bits per heavy atom. The molecule has 0 bridgehead atoms. The summed E-state index contributed by atoms with van der Waals surface area (Å²) in [5, 5.41) is 9.17. The predicted molar refractivity (Wildman–Crippen MR) is 90.8 cm³/mol. The number of esters is 2. The van der Waals surface area contributed by atoms with E-state index in [9.17, 15) is 9.59 Å². The molecule has 0 saturated carbocycles. The van der Waals surface area contributed by atoms with Crippen molar-refractivity contribution in [1.29, 1.82) is 0 Å². The monoisotopic (exact) mass is 344 g/mol. The summed E-state index contributed by atoms with van der Waals surface area (Å²) in [5.41, 5.74) is -0.590. The minimum Gasteiger partial charge on any atom is -0.508 e. The highest BCUT2D eigenvalue weighted by Gasteiger charge is 2.23. The molecule has 0 unspecified atom stereocenters. The third-order valence-electron chi connectivity index (χ3n) is 3.07. The first-order chi connectivity index (χ1) is 11.7. The smallest absolute Gasteiger partial charge is 0.349 e. The maximum absolute atomic E-state index is 11.8. The molecule has 0 spiro atoms. The lowest BCUT2D eigenvalue weighted by Crippen LogP contribution is -2.25. The van der Waals surface area contributed by atoms with Crippen molar-refractivity contribution in [2.75, 3.05) is 6.61 Å². The molecule has 0 amide bonds. The first-order valence-electron chi connectivity index (χ1n) is 7.69. The van der Waals surface area contributed by atoms with E-state index < -0.39 is 11.4 Å². The Bertz CT molecular complexity index is 726. The fourth-order valence-corrected chi connectivity index (χ4v) is 1.68. The third-order valence-corrected chi connectivity index (χ3v) is 3.07. The Hall–Kier alpha value is -3.02. The van der Waals surface area contributed by atoms with E-state index in [0.29, 0.717) is 17.2 Å². The number of benzene rings is 2. The normalized spacial score (nSPS) is 10.8. The van der Waals surface area contributed by atoms with Crippen LogP contribution in [0.3, 0.4) is 0 Å². The minimum absolute atomic E-state index is 0.0864. The van der Waals surface area contributed by atoms with Gasteiger partial charge >= 0.3 is 11.9 Å². The summed E-state index contributed by atoms with van der Waals surface area (Å²) in [5.74, 6) is 0.337. The van der Waals surface area contributed by atoms with Gasteiger partial charge in [0.15, 0.2) is 6.61 Å². The molecule has 0 aliphatic heterocycles. The lowest BCUT2D eigenvalue weighted by Gasteiger charge is -2.16. The van der Waals surface area contributed by atoms with Gasteiger partial charge in [-0.25, -0.2) is 4.79 Å². The zero-order chi connectivity index (χ0) is 18.4. The molecule has 0 saturated heterocycles. The van der Waals surface area contributed by atoms with Crippen LogP contribution in [0, 0.1) is 5.41 Å². The highest BCUT2D eigenvalue weighted by atomic mass is 16.6. The van der Waals surface area contributed by atoms with Gasteiger partial charge < -0.3 is 19.3 Å². The molecule has 2 aromatic rings. The van der Waals surface area contributed by atoms with E-state index >= 15 is 0 Å². The van der Waals surface area contributed by atoms with Crippen molar-refractivity contribution in [3.05, 3.63) is 48.5 Å². The van der Waals surface area contributed by atoms with Crippen molar-refractivity contribution in [2.24, 2.45) is 5.41 Å². The van der Waals surface area contributed by atoms with E-state index in [0.717, 1.165) is 0 Å². The largest absolute Gasteiger partial charge is 0.508 e. The SMILES string of the molecule is CC(C)(C)C(=O)Oc1ccc(OCC(=O)Oc2ccc(O)cc2)cc1. The van der Waals surface area contributed by atoms with E-state index in [1.807, 2.05) is 0 Å². The molecule has 0 radical (unpaired) electrons. The molecular formula is C19H20O6. The van der Waals surface area contributed by atoms with Gasteiger partial charge in [-0.15, -0.1) is 0 Å². The van der Waals surface area contributed by atoms with Gasteiger partial charge in [0.05, 0.1) is 5.41 Å². The van der Waals surface area contributed by atoms with E-state index in [-0.39, 0.29) is 18.3 Å². The highest BCUT2D eigenvalue weighted by molar-refractivity contribution is 5.78. The molecule has 1 N–H and O–H groups in total. The number of phenolic OH excluding ortho intramolecular Hbond substituents is 1. The zero-order valence-electron chi connectivity index (χ0n) is 14.3. The molecule has 0 fully saturated rings. The quantitative estimate of drug-likeness (QED) is 0.662. The van der Waals surface area contributed by atoms with Crippen LogP contribution in [0.2, 0.25) is 0 Å². The number of rotatable bonds is 5. The van der Waals surface area contributed by atoms with Gasteiger partial charge in [0, 0.05) is 0 Å². The Morgan fingerprint density at radius 1 is 0.840 bits per heavy atom. The number of aromatic hydroxyl groups is 1. The van der Waals surface area contributed by atoms with E-state index in [2.05, 4.69) is 0 Å². The first kappa shape index (κ1) is 18.3. The standard InChI is InChI=1S/C19H20O6/c1-19(2,3)18(22)25-16-10-8-14(9-11-16)23-12-17(21)24-15-6-4-13(20)5-7-15/h4-11,20H,12H2,1-3H3. The average Bonchev–Trinajstić information content (AvgIpc) is 2.55. The van der Waals surface area contributed by atoms with Crippen molar-refractivity contribution in [2.45, 2.75) is 20.8 Å². The third kappa shape index (κ3) is 5.84. The van der Waals surface area contributed by atoms with Crippen LogP contribution in [-0.4, -0.2) is 23.7 Å². The van der Waals surface area contributed by atoms with Crippen LogP contribution in [0.4, 0.5) is 0 Å². The Kier molecular flexibility index (Phi) is 5.64. The number of carbonyl (C=O) groups excluding carboxylic acids is 2. The summed E-state index contributed by atoms with van der Waals surface area (Å²) in [7, 11) is 0. The van der Waals surface area contributed by atoms with Crippen LogP contribution in [0.1, 0.15) is 20.8 Å². The lowest BCUT2D eigenvalue weighted by molar-refractivity contribution is -0.143. The molecule has 0 aliphatic carbocycles. The second kappa shape index (κ2) is 7.70. The summed E-state index contributed by atoms with van der Waals surface area (Å²) in [6.07, 6.45) is 0. The highest BCUT2D eigenvalue weighted by Crippen LogP contribution is 2.22. The lowest BCUT2D eigenvalue weighted by atomic mass is 9.97. The van der Waals surface area contributed by atoms with Crippen LogP contribution in [-0.2, 0) is 9.59 Å². The molecule has 0 atom stereocenters. The van der Waals surface area contributed by atoms with E-state index in [1.54, 1.807) is 45.0 Å². The maximum atomic E-state index is 11.8. The number of hydrogen-bond donors (Lipinski definition) is 1. The van der Waals surface area contributed by atoms with E-state index in [1.165, 1.54) is 24.3 Å². The van der Waals surface area contributed by atoms with E-state index in [4.69, 9.17) is 19.3 Å². The summed E-state index contributed by atoms with van der Waals surface area (Å²) in [6, 6.07) is 12.2. The van der Waals surface area contributed by atoms with Gasteiger partial charge in [-0.1, -0.05) is 0 Å². The maximum Gasteiger partial charge on any atom is 0.349 e. The van der Waals surface area contributed by atoms with Gasteiger partial charge in [-0.3, -0.25) is 4.79 Å². The molecule has 6 nitrogen and oxygen atoms in total. The molecular weight excluding hydrogens is 324 g/mol. The van der Waals surface area contributed by atoms with Crippen LogP contribution in [0.15, 0.2) is 48.5 Å². The molecule has 2 aromatic carbocycles. The molecule has 0 heterocycles. The first-order valence-corrected chi connectivity index (χ1v) is 7.69. The van der Waals surface area contributed by atoms with Gasteiger partial charge in [-0.2, -0.15) is 0 Å². The number of ether oxygens (including phenoxy) is 3. The van der Waals surface area contributed by atoms with Crippen LogP contribution >= 0.6 is 0 Å². The number of hydrogen-bond acceptors (Lipinski definition) is 6. The summed E-state index contributed by atoms with van der Waals surface area (Å²) in [6.45, 7) is 5.04. The predicted octanol–water partition coefficient (Wildman–Crippen LogP) is 3.33. The summed E-state index contributed by atoms with van der Waals surface area (Å²) >= 11 is 0. The molecule has 2 rings (SSSR count). The van der Waals surface area contributed by atoms with Crippen molar-refractivity contribution in [1.82, 2.24) is 0 Å². The second-order valence-electron chi connectivity index (χ2n) is 6.37. The van der Waals surface area contributed by atoms with Crippen molar-refractivity contribution < 1.29 is 28.9 Å². The van der Waals surface area contributed by atoms with Crippen molar-refractivity contribution in [3.63, 3.8) is 0 Å². The summed E-state index contributed by atoms with van der Waals surface area (Å²) < 4.78 is 15.6. The number of phenols is 1.